The van der Waals surface area contributed by atoms with Gasteiger partial charge in [0.15, 0.2) is 6.23 Å². The summed E-state index contributed by atoms with van der Waals surface area (Å²) >= 11 is 0. The van der Waals surface area contributed by atoms with Crippen molar-refractivity contribution < 1.29 is 23.8 Å². The molecule has 0 aromatic heterocycles. The van der Waals surface area contributed by atoms with E-state index in [2.05, 4.69) is 0 Å². The van der Waals surface area contributed by atoms with Crippen LogP contribution in [0.1, 0.15) is 13.3 Å². The molecule has 1 aliphatic rings. The van der Waals surface area contributed by atoms with Crippen LogP contribution in [-0.2, 0) is 19.0 Å². The van der Waals surface area contributed by atoms with Gasteiger partial charge in [0.2, 0.25) is 0 Å². The van der Waals surface area contributed by atoms with Crippen LogP contribution in [0.25, 0.3) is 0 Å². The number of nitrogens with zero attached hydrogens (tertiary/aromatic N) is 1. The molecule has 96 valence electrons. The molecule has 0 N–H and O–H groups in total. The lowest BCUT2D eigenvalue weighted by atomic mass is 10.1. The van der Waals surface area contributed by atoms with Gasteiger partial charge in [0.25, 0.3) is 0 Å². The monoisotopic (exact) mass is 243 g/mol. The van der Waals surface area contributed by atoms with E-state index in [1.807, 2.05) is 6.08 Å². The minimum Gasteiger partial charge on any atom is -0.464 e. The number of rotatable bonds is 3. The third kappa shape index (κ3) is 3.45. The van der Waals surface area contributed by atoms with Crippen molar-refractivity contribution in [2.24, 2.45) is 0 Å². The number of carbonyl (C=O) groups is 2. The number of hydrogen-bond acceptors (Lipinski definition) is 5. The number of esters is 1. The van der Waals surface area contributed by atoms with Gasteiger partial charge in [-0.05, 0) is 12.5 Å². The summed E-state index contributed by atoms with van der Waals surface area (Å²) in [5.41, 5.74) is 0. The molecular formula is C11H17NO5. The largest absolute Gasteiger partial charge is 0.464 e. The zero-order chi connectivity index (χ0) is 12.8. The van der Waals surface area contributed by atoms with E-state index in [0.717, 1.165) is 0 Å². The smallest absolute Gasteiger partial charge is 0.412 e. The summed E-state index contributed by atoms with van der Waals surface area (Å²) in [7, 11) is 2.80. The van der Waals surface area contributed by atoms with Crippen LogP contribution in [0, 0.1) is 0 Å². The van der Waals surface area contributed by atoms with Gasteiger partial charge in [-0.15, -0.1) is 0 Å². The van der Waals surface area contributed by atoms with Crippen LogP contribution >= 0.6 is 0 Å². The highest BCUT2D eigenvalue weighted by Crippen LogP contribution is 2.19. The Morgan fingerprint density at radius 2 is 2.12 bits per heavy atom. The molecule has 1 rings (SSSR count). The molecule has 2 atom stereocenters. The highest BCUT2D eigenvalue weighted by atomic mass is 16.6. The summed E-state index contributed by atoms with van der Waals surface area (Å²) in [6, 6.07) is -0.263. The van der Waals surface area contributed by atoms with Crippen molar-refractivity contribution in [2.45, 2.75) is 25.6 Å². The quantitative estimate of drug-likeness (QED) is 0.544. The fourth-order valence-electron chi connectivity index (χ4n) is 1.68. The van der Waals surface area contributed by atoms with Crippen molar-refractivity contribution in [1.29, 1.82) is 0 Å². The maximum Gasteiger partial charge on any atom is 0.412 e. The molecule has 1 heterocycles. The highest BCUT2D eigenvalue weighted by molar-refractivity contribution is 5.69. The van der Waals surface area contributed by atoms with Crippen LogP contribution in [0.5, 0.6) is 0 Å². The summed E-state index contributed by atoms with van der Waals surface area (Å²) in [5, 5.41) is 0. The van der Waals surface area contributed by atoms with Crippen LogP contribution in [0.4, 0.5) is 4.79 Å². The van der Waals surface area contributed by atoms with Crippen molar-refractivity contribution in [3.8, 4) is 0 Å². The molecule has 0 aliphatic carbocycles. The third-order valence-electron chi connectivity index (χ3n) is 2.48. The van der Waals surface area contributed by atoms with Gasteiger partial charge >= 0.3 is 12.1 Å². The van der Waals surface area contributed by atoms with E-state index in [1.54, 1.807) is 6.08 Å². The second-order valence-electron chi connectivity index (χ2n) is 3.62. The summed E-state index contributed by atoms with van der Waals surface area (Å²) in [6.07, 6.45) is 3.26. The maximum absolute atomic E-state index is 11.6. The van der Waals surface area contributed by atoms with Gasteiger partial charge in [-0.3, -0.25) is 9.69 Å². The first kappa shape index (κ1) is 13.5. The average molecular weight is 243 g/mol. The lowest BCUT2D eigenvalue weighted by Crippen LogP contribution is -2.51. The number of amides is 1. The highest BCUT2D eigenvalue weighted by Gasteiger charge is 2.33. The number of ether oxygens (including phenoxy) is 3. The Balaban J connectivity index is 2.75. The van der Waals surface area contributed by atoms with E-state index in [9.17, 15) is 9.59 Å². The van der Waals surface area contributed by atoms with Crippen molar-refractivity contribution in [2.75, 3.05) is 20.8 Å². The molecular weight excluding hydrogens is 226 g/mol. The molecule has 0 saturated heterocycles. The molecule has 6 nitrogen and oxygen atoms in total. The molecule has 0 bridgehead atoms. The van der Waals surface area contributed by atoms with Gasteiger partial charge in [-0.2, -0.15) is 0 Å². The van der Waals surface area contributed by atoms with Gasteiger partial charge in [0.1, 0.15) is 6.61 Å². The van der Waals surface area contributed by atoms with Crippen molar-refractivity contribution in [1.82, 2.24) is 4.90 Å². The van der Waals surface area contributed by atoms with E-state index in [0.29, 0.717) is 6.42 Å². The van der Waals surface area contributed by atoms with E-state index >= 15 is 0 Å². The number of carbonyl (C=O) groups excluding carboxylic acids is 2. The molecule has 1 unspecified atom stereocenters. The first-order chi connectivity index (χ1) is 8.10. The lowest BCUT2D eigenvalue weighted by molar-refractivity contribution is -0.144. The van der Waals surface area contributed by atoms with Crippen LogP contribution < -0.4 is 0 Å². The molecule has 6 heteroatoms. The molecule has 17 heavy (non-hydrogen) atoms. The van der Waals surface area contributed by atoms with Crippen LogP contribution in [0.15, 0.2) is 12.2 Å². The Kier molecular flexibility index (Phi) is 4.96. The predicted octanol–water partition coefficient (Wildman–Crippen LogP) is 0.919. The Bertz CT molecular complexity index is 315. The molecule has 0 spiro atoms. The van der Waals surface area contributed by atoms with Crippen molar-refractivity contribution in [3.63, 3.8) is 0 Å². The van der Waals surface area contributed by atoms with Crippen LogP contribution in [0.3, 0.4) is 0 Å². The lowest BCUT2D eigenvalue weighted by Gasteiger charge is -2.36. The zero-order valence-electron chi connectivity index (χ0n) is 10.2. The maximum atomic E-state index is 11.6. The molecule has 0 aromatic rings. The molecule has 0 radical (unpaired) electrons. The van der Waals surface area contributed by atoms with Crippen molar-refractivity contribution in [3.05, 3.63) is 12.2 Å². The summed E-state index contributed by atoms with van der Waals surface area (Å²) in [5.74, 6) is -0.377. The van der Waals surface area contributed by atoms with Crippen LogP contribution in [-0.4, -0.2) is 50.1 Å². The second-order valence-corrected chi connectivity index (χ2v) is 3.62. The molecule has 0 saturated carbocycles. The topological polar surface area (TPSA) is 65.1 Å². The summed E-state index contributed by atoms with van der Waals surface area (Å²) < 4.78 is 14.8. The van der Waals surface area contributed by atoms with Gasteiger partial charge in [0, 0.05) is 14.0 Å². The third-order valence-corrected chi connectivity index (χ3v) is 2.48. The standard InChI is InChI=1S/C11H17NO5/c1-8(13)17-7-9-5-4-6-10(15-2)12(9)11(14)16-3/h4,6,9-10H,5,7H2,1-3H3/t9-,10?/m0/s1. The van der Waals surface area contributed by atoms with Gasteiger partial charge < -0.3 is 14.2 Å². The summed E-state index contributed by atoms with van der Waals surface area (Å²) in [4.78, 5) is 23.8. The van der Waals surface area contributed by atoms with E-state index < -0.39 is 12.3 Å². The fraction of sp³-hybridized carbons (Fsp3) is 0.636. The number of methoxy groups -OCH3 is 2. The predicted molar refractivity (Wildman–Crippen MR) is 59.2 cm³/mol. The molecule has 0 fully saturated rings. The first-order valence-corrected chi connectivity index (χ1v) is 5.29. The van der Waals surface area contributed by atoms with E-state index in [1.165, 1.54) is 26.0 Å². The Morgan fingerprint density at radius 1 is 1.41 bits per heavy atom. The Morgan fingerprint density at radius 3 is 2.65 bits per heavy atom. The summed E-state index contributed by atoms with van der Waals surface area (Å²) in [6.45, 7) is 1.46. The van der Waals surface area contributed by atoms with Crippen molar-refractivity contribution >= 4 is 12.1 Å². The average Bonchev–Trinajstić information content (AvgIpc) is 2.34. The number of hydrogen-bond donors (Lipinski definition) is 0. The first-order valence-electron chi connectivity index (χ1n) is 5.29. The Labute approximate surface area is 100 Å². The normalized spacial score (nSPS) is 23.4. The fourth-order valence-corrected chi connectivity index (χ4v) is 1.68. The van der Waals surface area contributed by atoms with Gasteiger partial charge in [-0.1, -0.05) is 6.08 Å². The minimum absolute atomic E-state index is 0.134. The van der Waals surface area contributed by atoms with Gasteiger partial charge in [-0.25, -0.2) is 4.79 Å². The van der Waals surface area contributed by atoms with E-state index in [4.69, 9.17) is 14.2 Å². The molecule has 1 aliphatic heterocycles. The van der Waals surface area contributed by atoms with E-state index in [-0.39, 0.29) is 18.6 Å². The SMILES string of the molecule is COC(=O)N1C(OC)C=CC[C@H]1COC(C)=O. The second kappa shape index (κ2) is 6.24. The molecule has 0 aromatic carbocycles. The van der Waals surface area contributed by atoms with Gasteiger partial charge in [0.05, 0.1) is 13.2 Å². The minimum atomic E-state index is -0.502. The Hall–Kier alpha value is -1.56. The van der Waals surface area contributed by atoms with Crippen LogP contribution in [0.2, 0.25) is 0 Å². The molecule has 1 amide bonds. The zero-order valence-corrected chi connectivity index (χ0v) is 10.2.